The average Bonchev–Trinajstić information content (AvgIpc) is 3.09. The molecule has 2 heteroatoms. The van der Waals surface area contributed by atoms with Gasteiger partial charge in [0, 0.05) is 27.1 Å². The van der Waals surface area contributed by atoms with Gasteiger partial charge in [0.2, 0.25) is 0 Å². The molecule has 4 aliphatic carbocycles. The topological polar surface area (TPSA) is 18.5 Å². The van der Waals surface area contributed by atoms with Crippen LogP contribution >= 0.6 is 0 Å². The Balaban J connectivity index is 1.50. The first-order valence-electron chi connectivity index (χ1n) is 13.8. The quantitative estimate of drug-likeness (QED) is 0.378. The molecule has 0 aliphatic heterocycles. The maximum absolute atomic E-state index is 6.01. The van der Waals surface area contributed by atoms with Crippen LogP contribution in [0.3, 0.4) is 0 Å². The van der Waals surface area contributed by atoms with Crippen LogP contribution in [-0.2, 0) is 9.47 Å². The first-order chi connectivity index (χ1) is 14.7. The van der Waals surface area contributed by atoms with Gasteiger partial charge in [-0.05, 0) is 97.2 Å². The van der Waals surface area contributed by atoms with Crippen molar-refractivity contribution in [2.24, 2.45) is 52.3 Å². The van der Waals surface area contributed by atoms with E-state index in [2.05, 4.69) is 34.6 Å². The molecule has 8 atom stereocenters. The fraction of sp³-hybridized carbons (Fsp3) is 1.00. The van der Waals surface area contributed by atoms with Crippen LogP contribution < -0.4 is 0 Å². The molecule has 0 saturated heterocycles. The Morgan fingerprint density at radius 2 is 1.48 bits per heavy atom. The molecule has 0 aromatic heterocycles. The van der Waals surface area contributed by atoms with Crippen LogP contribution in [0.2, 0.25) is 0 Å². The Labute approximate surface area is 193 Å². The van der Waals surface area contributed by atoms with Crippen LogP contribution in [0.4, 0.5) is 0 Å². The third-order valence-corrected chi connectivity index (χ3v) is 11.5. The second kappa shape index (κ2) is 8.94. The summed E-state index contributed by atoms with van der Waals surface area (Å²) >= 11 is 0. The average molecular weight is 433 g/mol. The Kier molecular flexibility index (Phi) is 6.93. The van der Waals surface area contributed by atoms with Gasteiger partial charge in [-0.15, -0.1) is 0 Å². The summed E-state index contributed by atoms with van der Waals surface area (Å²) in [6.45, 7) is 12.7. The van der Waals surface area contributed by atoms with E-state index >= 15 is 0 Å². The number of rotatable bonds is 7. The van der Waals surface area contributed by atoms with E-state index in [9.17, 15) is 0 Å². The van der Waals surface area contributed by atoms with E-state index in [1.807, 2.05) is 14.2 Å². The molecule has 4 fully saturated rings. The number of hydrogen-bond acceptors (Lipinski definition) is 2. The summed E-state index contributed by atoms with van der Waals surface area (Å²) in [7, 11) is 3.74. The van der Waals surface area contributed by atoms with Crippen molar-refractivity contribution >= 4 is 0 Å². The van der Waals surface area contributed by atoms with Crippen molar-refractivity contribution in [3.63, 3.8) is 0 Å². The van der Waals surface area contributed by atoms with Crippen LogP contribution in [0.5, 0.6) is 0 Å². The van der Waals surface area contributed by atoms with Gasteiger partial charge in [-0.1, -0.05) is 53.9 Å². The summed E-state index contributed by atoms with van der Waals surface area (Å²) in [6, 6.07) is 0. The number of fused-ring (bicyclic) bond motifs is 5. The molecule has 4 aliphatic rings. The molecule has 0 radical (unpaired) electrons. The minimum Gasteiger partial charge on any atom is -0.353 e. The Morgan fingerprint density at radius 3 is 2.16 bits per heavy atom. The van der Waals surface area contributed by atoms with Gasteiger partial charge in [0.25, 0.3) is 0 Å². The van der Waals surface area contributed by atoms with Crippen LogP contribution in [0, 0.1) is 52.3 Å². The minimum atomic E-state index is -0.336. The standard InChI is InChI=1S/C29H52O2/c1-20(2)9-8-10-21(3)24-13-14-25-23-12-11-22-15-18-29(30-6,31-7)19-28(22,5)26(23)16-17-27(24,25)4/h20-26H,8-19H2,1-7H3/t21-,22?,23+,24-,25+,26+,27-,28+/m1/s1. The van der Waals surface area contributed by atoms with Crippen molar-refractivity contribution in [3.8, 4) is 0 Å². The molecule has 31 heavy (non-hydrogen) atoms. The third-order valence-electron chi connectivity index (χ3n) is 11.5. The Hall–Kier alpha value is -0.0800. The van der Waals surface area contributed by atoms with Gasteiger partial charge in [0.05, 0.1) is 0 Å². The van der Waals surface area contributed by atoms with Crippen LogP contribution in [-0.4, -0.2) is 20.0 Å². The third kappa shape index (κ3) is 4.05. The SMILES string of the molecule is COC1(OC)CCC2CC[C@H]3[C@@H]4CC[C@H]([C@H](C)CCCC(C)C)[C@@]4(C)CC[C@@H]3[C@@]2(C)C1. The van der Waals surface area contributed by atoms with Gasteiger partial charge < -0.3 is 9.47 Å². The molecule has 180 valence electrons. The van der Waals surface area contributed by atoms with E-state index in [0.29, 0.717) is 10.8 Å². The summed E-state index contributed by atoms with van der Waals surface area (Å²) in [5.74, 6) is 6.04. The van der Waals surface area contributed by atoms with Gasteiger partial charge in [0.15, 0.2) is 5.79 Å². The van der Waals surface area contributed by atoms with E-state index in [4.69, 9.17) is 9.47 Å². The van der Waals surface area contributed by atoms with E-state index < -0.39 is 0 Å². The van der Waals surface area contributed by atoms with Crippen molar-refractivity contribution < 1.29 is 9.47 Å². The first kappa shape index (κ1) is 24.1. The number of methoxy groups -OCH3 is 2. The van der Waals surface area contributed by atoms with Crippen molar-refractivity contribution in [1.82, 2.24) is 0 Å². The van der Waals surface area contributed by atoms with E-state index in [1.165, 1.54) is 64.2 Å². The molecule has 0 bridgehead atoms. The van der Waals surface area contributed by atoms with E-state index in [0.717, 1.165) is 54.3 Å². The van der Waals surface area contributed by atoms with E-state index in [1.54, 1.807) is 0 Å². The van der Waals surface area contributed by atoms with Crippen molar-refractivity contribution in [3.05, 3.63) is 0 Å². The Bertz CT molecular complexity index is 610. The summed E-state index contributed by atoms with van der Waals surface area (Å²) < 4.78 is 12.0. The second-order valence-electron chi connectivity index (χ2n) is 13.2. The summed E-state index contributed by atoms with van der Waals surface area (Å²) in [5, 5.41) is 0. The van der Waals surface area contributed by atoms with Crippen molar-refractivity contribution in [2.45, 2.75) is 117 Å². The number of hydrogen-bond donors (Lipinski definition) is 0. The lowest BCUT2D eigenvalue weighted by atomic mass is 9.44. The van der Waals surface area contributed by atoms with Crippen LogP contribution in [0.1, 0.15) is 112 Å². The fourth-order valence-corrected chi connectivity index (χ4v) is 9.80. The van der Waals surface area contributed by atoms with Crippen molar-refractivity contribution in [1.29, 1.82) is 0 Å². The van der Waals surface area contributed by atoms with Gasteiger partial charge in [-0.3, -0.25) is 0 Å². The molecular formula is C29H52O2. The monoisotopic (exact) mass is 432 g/mol. The van der Waals surface area contributed by atoms with Gasteiger partial charge >= 0.3 is 0 Å². The lowest BCUT2D eigenvalue weighted by Gasteiger charge is -2.62. The highest BCUT2D eigenvalue weighted by Gasteiger charge is 2.62. The lowest BCUT2D eigenvalue weighted by Crippen LogP contribution is -2.57. The maximum Gasteiger partial charge on any atom is 0.168 e. The predicted molar refractivity (Wildman–Crippen MR) is 130 cm³/mol. The number of ether oxygens (including phenoxy) is 2. The minimum absolute atomic E-state index is 0.336. The van der Waals surface area contributed by atoms with Gasteiger partial charge in [-0.2, -0.15) is 0 Å². The van der Waals surface area contributed by atoms with Gasteiger partial charge in [-0.25, -0.2) is 0 Å². The normalized spacial score (nSPS) is 45.1. The van der Waals surface area contributed by atoms with Crippen LogP contribution in [0.25, 0.3) is 0 Å². The largest absolute Gasteiger partial charge is 0.353 e. The fourth-order valence-electron chi connectivity index (χ4n) is 9.80. The highest BCUT2D eigenvalue weighted by Crippen LogP contribution is 2.69. The summed E-state index contributed by atoms with van der Waals surface area (Å²) in [6.07, 6.45) is 16.6. The molecule has 0 aromatic rings. The molecule has 4 rings (SSSR count). The molecule has 0 amide bonds. The highest BCUT2D eigenvalue weighted by molar-refractivity contribution is 5.10. The summed E-state index contributed by atoms with van der Waals surface area (Å²) in [5.41, 5.74) is 0.991. The molecule has 2 nitrogen and oxygen atoms in total. The molecule has 1 unspecified atom stereocenters. The molecular weight excluding hydrogens is 380 g/mol. The zero-order valence-corrected chi connectivity index (χ0v) is 21.8. The van der Waals surface area contributed by atoms with E-state index in [-0.39, 0.29) is 5.79 Å². The lowest BCUT2D eigenvalue weighted by molar-refractivity contribution is -0.269. The highest BCUT2D eigenvalue weighted by atomic mass is 16.7. The summed E-state index contributed by atoms with van der Waals surface area (Å²) in [4.78, 5) is 0. The zero-order chi connectivity index (χ0) is 22.4. The molecule has 0 spiro atoms. The second-order valence-corrected chi connectivity index (χ2v) is 13.2. The molecule has 0 heterocycles. The smallest absolute Gasteiger partial charge is 0.168 e. The maximum atomic E-state index is 6.01. The Morgan fingerprint density at radius 1 is 0.774 bits per heavy atom. The van der Waals surface area contributed by atoms with Crippen LogP contribution in [0.15, 0.2) is 0 Å². The molecule has 0 N–H and O–H groups in total. The zero-order valence-electron chi connectivity index (χ0n) is 21.8. The predicted octanol–water partition coefficient (Wildman–Crippen LogP) is 8.10. The molecule has 4 saturated carbocycles. The first-order valence-corrected chi connectivity index (χ1v) is 13.8. The van der Waals surface area contributed by atoms with Crippen molar-refractivity contribution in [2.75, 3.05) is 14.2 Å². The molecule has 0 aromatic carbocycles. The van der Waals surface area contributed by atoms with Gasteiger partial charge in [0.1, 0.15) is 0 Å².